The van der Waals surface area contributed by atoms with Crippen LogP contribution < -0.4 is 10.6 Å². The summed E-state index contributed by atoms with van der Waals surface area (Å²) in [6, 6.07) is 0. The van der Waals surface area contributed by atoms with Crippen molar-refractivity contribution in [2.45, 2.75) is 162 Å². The molecule has 4 bridgehead atoms. The molecular weight excluding hydrogens is 626 g/mol. The van der Waals surface area contributed by atoms with E-state index >= 15 is 0 Å². The summed E-state index contributed by atoms with van der Waals surface area (Å²) in [6.07, 6.45) is 16.0. The second-order valence-corrected chi connectivity index (χ2v) is 52.1. The summed E-state index contributed by atoms with van der Waals surface area (Å²) in [6.45, 7) is 18.1. The molecule has 12 saturated heterocycles. The fraction of sp³-hybridized carbons (Fsp3) is 1.00. The molecule has 12 heterocycles. The van der Waals surface area contributed by atoms with Crippen LogP contribution in [0.5, 0.6) is 0 Å². The molecule has 16 rings (SSSR count). The van der Waals surface area contributed by atoms with Gasteiger partial charge in [0.2, 0.25) is 0 Å². The van der Waals surface area contributed by atoms with Crippen molar-refractivity contribution in [2.24, 2.45) is 40.9 Å². The van der Waals surface area contributed by atoms with Crippen molar-refractivity contribution >= 4 is 17.2 Å². The van der Waals surface area contributed by atoms with E-state index in [4.69, 9.17) is 0 Å². The van der Waals surface area contributed by atoms with Crippen LogP contribution in [0.25, 0.3) is 0 Å². The number of rotatable bonds is 6. The van der Waals surface area contributed by atoms with E-state index in [0.717, 1.165) is 54.1 Å². The van der Waals surface area contributed by atoms with Gasteiger partial charge in [0.1, 0.15) is 0 Å². The molecule has 0 aromatic carbocycles. The summed E-state index contributed by atoms with van der Waals surface area (Å²) < 4.78 is 2.72. The van der Waals surface area contributed by atoms with Gasteiger partial charge in [0.15, 0.2) is 0 Å². The summed E-state index contributed by atoms with van der Waals surface area (Å²) in [5, 5.41) is 9.23. The number of fused-ring (bicyclic) bond motifs is 10. The van der Waals surface area contributed by atoms with Gasteiger partial charge in [0.05, 0.1) is 0 Å². The Labute approximate surface area is 268 Å². The third-order valence-corrected chi connectivity index (χ3v) is 77.4. The molecule has 9 atom stereocenters. The third-order valence-electron chi connectivity index (χ3n) is 26.8. The molecule has 0 radical (unpaired) electrons. The standard InChI is InChI=1S/C35H59N2P2.C5H5.Fe/c1-33(2,3)30-18-27(22-39(34(4,5)6)32-25-14-23-13-24(16-25)17-26(32)15-23)31(19-30)35(38,28-9-7-11-36-20-28)29-10-8-12-37-21-29;1-2-4-5-3-1;/h18-19,23-26,28-29,32,36-37H,7-17,20-22,38H2,1-6H3;1-5H;. The van der Waals surface area contributed by atoms with Crippen molar-refractivity contribution in [3.63, 3.8) is 0 Å². The first-order valence-corrected chi connectivity index (χ1v) is 28.6. The molecule has 0 aromatic rings. The molecule has 1 spiro atoms. The molecule has 5 heteroatoms. The van der Waals surface area contributed by atoms with Crippen molar-refractivity contribution in [3.05, 3.63) is 0 Å². The zero-order chi connectivity index (χ0) is 30.3. The van der Waals surface area contributed by atoms with Crippen LogP contribution in [0.15, 0.2) is 0 Å². The van der Waals surface area contributed by atoms with Crippen molar-refractivity contribution < 1.29 is 6.51 Å². The maximum atomic E-state index is 4.08. The second-order valence-electron chi connectivity index (χ2n) is 25.0. The molecule has 4 saturated carbocycles. The van der Waals surface area contributed by atoms with Gasteiger partial charge in [0, 0.05) is 0 Å². The number of nitrogens with one attached hydrogen (secondary N) is 2. The predicted molar refractivity (Wildman–Crippen MR) is 190 cm³/mol. The third kappa shape index (κ3) is 0.778. The van der Waals surface area contributed by atoms with E-state index in [-0.39, 0.29) is 7.92 Å². The van der Waals surface area contributed by atoms with Gasteiger partial charge in [-0.2, -0.15) is 0 Å². The number of hydrogen-bond donors (Lipinski definition) is 2. The first-order chi connectivity index (χ1) is 21.2. The molecule has 0 amide bonds. The Morgan fingerprint density at radius 1 is 0.733 bits per heavy atom. The second kappa shape index (κ2) is 4.33. The van der Waals surface area contributed by atoms with Crippen molar-refractivity contribution in [1.29, 1.82) is 0 Å². The summed E-state index contributed by atoms with van der Waals surface area (Å²) in [5.41, 5.74) is 1.72. The van der Waals surface area contributed by atoms with Crippen LogP contribution in [0.2, 0.25) is 46.7 Å². The van der Waals surface area contributed by atoms with Crippen LogP contribution in [-0.2, 0) is 6.51 Å². The zero-order valence-corrected chi connectivity index (χ0v) is 32.5. The Hall–Kier alpha value is 1.30. The Morgan fingerprint density at radius 3 is 1.64 bits per heavy atom. The molecule has 45 heavy (non-hydrogen) atoms. The summed E-state index contributed by atoms with van der Waals surface area (Å²) in [4.78, 5) is 9.56. The van der Waals surface area contributed by atoms with Crippen LogP contribution in [0.4, 0.5) is 0 Å². The molecule has 4 aliphatic carbocycles. The van der Waals surface area contributed by atoms with Gasteiger partial charge in [0.25, 0.3) is 0 Å². The van der Waals surface area contributed by atoms with E-state index < -0.39 is 6.51 Å². The van der Waals surface area contributed by atoms with Gasteiger partial charge >= 0.3 is 270 Å². The molecule has 0 aromatic heterocycles. The van der Waals surface area contributed by atoms with E-state index in [0.29, 0.717) is 15.7 Å². The molecule has 2 nitrogen and oxygen atoms in total. The molecule has 9 unspecified atom stereocenters. The molecule has 12 aliphatic heterocycles. The Balaban J connectivity index is 0.994. The summed E-state index contributed by atoms with van der Waals surface area (Å²) >= 11 is 0. The minimum atomic E-state index is -4.04. The fourth-order valence-corrected chi connectivity index (χ4v) is 123. The van der Waals surface area contributed by atoms with Gasteiger partial charge in [-0.1, -0.05) is 0 Å². The van der Waals surface area contributed by atoms with Crippen molar-refractivity contribution in [1.82, 2.24) is 10.6 Å². The average molecular weight is 691 g/mol. The van der Waals surface area contributed by atoms with E-state index in [2.05, 4.69) is 61.4 Å². The first kappa shape index (κ1) is 26.1. The van der Waals surface area contributed by atoms with Crippen LogP contribution in [0.1, 0.15) is 99.3 Å². The Kier molecular flexibility index (Phi) is 2.51. The van der Waals surface area contributed by atoms with Crippen molar-refractivity contribution in [2.75, 3.05) is 32.3 Å². The Morgan fingerprint density at radius 2 is 1.24 bits per heavy atom. The van der Waals surface area contributed by atoms with Gasteiger partial charge in [-0.15, -0.1) is 0 Å². The molecule has 16 fully saturated rings. The van der Waals surface area contributed by atoms with E-state index in [9.17, 15) is 0 Å². The minimum absolute atomic E-state index is 0.0647. The summed E-state index contributed by atoms with van der Waals surface area (Å²) in [7, 11) is 4.14. The van der Waals surface area contributed by atoms with Crippen molar-refractivity contribution in [3.8, 4) is 0 Å². The van der Waals surface area contributed by atoms with Crippen LogP contribution in [-0.4, -0.2) is 48.3 Å². The molecular formula is C40H64FeN2P2. The quantitative estimate of drug-likeness (QED) is 0.214. The maximum absolute atomic E-state index is 4.08. The summed E-state index contributed by atoms with van der Waals surface area (Å²) in [5.74, 6) is 6.35. The number of hydrogen-bond acceptors (Lipinski definition) is 2. The number of piperidine rings is 2. The molecule has 252 valence electrons. The Bertz CT molecular complexity index is 1840. The molecule has 2 N–H and O–H groups in total. The fourth-order valence-electron chi connectivity index (χ4n) is 30.0. The van der Waals surface area contributed by atoms with Crippen LogP contribution in [0, 0.1) is 40.9 Å². The van der Waals surface area contributed by atoms with Crippen LogP contribution >= 0.6 is 17.2 Å². The van der Waals surface area contributed by atoms with E-state index in [1.807, 2.05) is 6.16 Å². The zero-order valence-electron chi connectivity index (χ0n) is 29.4. The predicted octanol–water partition coefficient (Wildman–Crippen LogP) is 10.3. The first-order valence-electron chi connectivity index (χ1n) is 20.3. The van der Waals surface area contributed by atoms with Gasteiger partial charge in [-0.25, -0.2) is 0 Å². The monoisotopic (exact) mass is 690 g/mol. The van der Waals surface area contributed by atoms with Gasteiger partial charge in [-0.3, -0.25) is 0 Å². The van der Waals surface area contributed by atoms with Crippen LogP contribution in [0.3, 0.4) is 0 Å². The van der Waals surface area contributed by atoms with Gasteiger partial charge in [-0.05, 0) is 0 Å². The van der Waals surface area contributed by atoms with E-state index in [1.165, 1.54) is 85.6 Å². The molecule has 16 aliphatic rings. The normalized spacial score (nSPS) is 78.4. The van der Waals surface area contributed by atoms with E-state index in [1.54, 1.807) is 32.1 Å². The van der Waals surface area contributed by atoms with Gasteiger partial charge < -0.3 is 0 Å². The SMILES string of the molecule is CC(C)(C)P(C[C]12[CH]3[C]4(C(C)(C)C)[CH]5[C]1(C(P)(C1CCCNC1)C1CCCNC1)[Fe]35241678[CH]2[CH]1[CH]6[CH]7[CH]28)C1C2CC3CC(C2)CC1C3. The average Bonchev–Trinajstić information content (AvgIpc) is 3.94. The topological polar surface area (TPSA) is 24.1 Å².